The van der Waals surface area contributed by atoms with Crippen LogP contribution >= 0.6 is 0 Å². The van der Waals surface area contributed by atoms with Gasteiger partial charge < -0.3 is 15.4 Å². The van der Waals surface area contributed by atoms with Gasteiger partial charge in [0.25, 0.3) is 5.91 Å². The number of carbonyl (C=O) groups excluding carboxylic acids is 2. The van der Waals surface area contributed by atoms with Gasteiger partial charge >= 0.3 is 5.97 Å². The summed E-state index contributed by atoms with van der Waals surface area (Å²) in [4.78, 5) is 26.6. The fourth-order valence-electron chi connectivity index (χ4n) is 5.10. The summed E-state index contributed by atoms with van der Waals surface area (Å²) in [7, 11) is 0. The molecule has 2 saturated heterocycles. The highest BCUT2D eigenvalue weighted by Crippen LogP contribution is 2.44. The van der Waals surface area contributed by atoms with Crippen LogP contribution in [0.15, 0.2) is 36.4 Å². The van der Waals surface area contributed by atoms with Crippen molar-refractivity contribution in [2.45, 2.75) is 63.8 Å². The number of esters is 1. The average Bonchev–Trinajstić information content (AvgIpc) is 2.67. The van der Waals surface area contributed by atoms with Gasteiger partial charge in [-0.25, -0.2) is 13.2 Å². The van der Waals surface area contributed by atoms with Crippen molar-refractivity contribution in [3.63, 3.8) is 0 Å². The van der Waals surface area contributed by atoms with E-state index in [2.05, 4.69) is 0 Å². The summed E-state index contributed by atoms with van der Waals surface area (Å²) in [5, 5.41) is 0. The first-order chi connectivity index (χ1) is 15.5. The van der Waals surface area contributed by atoms with E-state index in [1.54, 1.807) is 17.0 Å². The minimum absolute atomic E-state index is 0.0503. The van der Waals surface area contributed by atoms with Crippen LogP contribution in [0.2, 0.25) is 0 Å². The summed E-state index contributed by atoms with van der Waals surface area (Å²) in [6, 6.07) is 6.60. The highest BCUT2D eigenvalue weighted by Gasteiger charge is 2.53. The molecule has 2 aliphatic heterocycles. The van der Waals surface area contributed by atoms with Crippen molar-refractivity contribution in [1.29, 1.82) is 0 Å². The third-order valence-electron chi connectivity index (χ3n) is 6.72. The minimum atomic E-state index is -1.38. The van der Waals surface area contributed by atoms with Gasteiger partial charge in [0.15, 0.2) is 5.60 Å². The zero-order valence-corrected chi connectivity index (χ0v) is 18.8. The summed E-state index contributed by atoms with van der Waals surface area (Å²) in [5.41, 5.74) is 5.56. The maximum Gasteiger partial charge on any atom is 0.303 e. The molecule has 3 fully saturated rings. The van der Waals surface area contributed by atoms with Crippen molar-refractivity contribution in [1.82, 2.24) is 4.90 Å². The van der Waals surface area contributed by atoms with Gasteiger partial charge in [-0.15, -0.1) is 0 Å². The number of ether oxygens (including phenoxy) is 1. The van der Waals surface area contributed by atoms with E-state index in [0.717, 1.165) is 31.0 Å². The van der Waals surface area contributed by atoms with Gasteiger partial charge in [0.1, 0.15) is 17.5 Å². The number of piperidine rings is 2. The minimum Gasteiger partial charge on any atom is -0.450 e. The molecule has 5 nitrogen and oxygen atoms in total. The zero-order chi connectivity index (χ0) is 24.1. The summed E-state index contributed by atoms with van der Waals surface area (Å²) in [6.07, 6.45) is 1.64. The first-order valence-electron chi connectivity index (χ1n) is 11.0. The lowest BCUT2D eigenvalue weighted by Gasteiger charge is -2.58. The van der Waals surface area contributed by atoms with E-state index in [4.69, 9.17) is 10.5 Å². The second-order valence-electron chi connectivity index (χ2n) is 9.49. The Balaban J connectivity index is 1.67. The molecule has 1 amide bonds. The second kappa shape index (κ2) is 8.48. The predicted molar refractivity (Wildman–Crippen MR) is 116 cm³/mol. The Kier molecular flexibility index (Phi) is 5.99. The highest BCUT2D eigenvalue weighted by atomic mass is 19.1. The van der Waals surface area contributed by atoms with Crippen LogP contribution in [0.1, 0.15) is 39.2 Å². The normalized spacial score (nSPS) is 24.3. The Morgan fingerprint density at radius 2 is 1.76 bits per heavy atom. The largest absolute Gasteiger partial charge is 0.450 e. The molecule has 3 aliphatic rings. The molecule has 0 radical (unpaired) electrons. The molecule has 8 heteroatoms. The Bertz CT molecular complexity index is 1080. The summed E-state index contributed by atoms with van der Waals surface area (Å²) < 4.78 is 48.1. The number of carbonyl (C=O) groups is 2. The van der Waals surface area contributed by atoms with E-state index < -0.39 is 35.1 Å². The molecule has 1 aliphatic carbocycles. The third-order valence-corrected chi connectivity index (χ3v) is 6.72. The molecule has 5 rings (SSSR count). The quantitative estimate of drug-likeness (QED) is 0.686. The number of hydrogen-bond donors (Lipinski definition) is 1. The van der Waals surface area contributed by atoms with Gasteiger partial charge in [-0.3, -0.25) is 9.59 Å². The zero-order valence-electron chi connectivity index (χ0n) is 18.8. The standard InChI is InChI=1S/C25H27F3N2O3/c1-13(31)33-25(2,3)24(32)30-19-9-16(10-19)23(29)21(30)11-14-5-4-6-20(22(14)28)15-7-17(26)12-18(27)8-15/h4-8,12,16,19,21,23H,9-11,29H2,1-3H3/t16?,19?,21-,23-/m0/s1. The maximum absolute atomic E-state index is 15.5. The van der Waals surface area contributed by atoms with Crippen molar-refractivity contribution in [3.8, 4) is 11.1 Å². The lowest BCUT2D eigenvalue weighted by molar-refractivity contribution is -0.178. The van der Waals surface area contributed by atoms with Crippen molar-refractivity contribution in [2.24, 2.45) is 11.7 Å². The van der Waals surface area contributed by atoms with Crippen molar-refractivity contribution >= 4 is 11.9 Å². The van der Waals surface area contributed by atoms with Crippen LogP contribution in [0.25, 0.3) is 11.1 Å². The van der Waals surface area contributed by atoms with Crippen LogP contribution in [0.5, 0.6) is 0 Å². The smallest absolute Gasteiger partial charge is 0.303 e. The molecule has 2 atom stereocenters. The van der Waals surface area contributed by atoms with Crippen LogP contribution in [0.3, 0.4) is 0 Å². The molecule has 1 saturated carbocycles. The number of hydrogen-bond acceptors (Lipinski definition) is 4. The molecule has 176 valence electrons. The van der Waals surface area contributed by atoms with Gasteiger partial charge in [-0.2, -0.15) is 0 Å². The Morgan fingerprint density at radius 1 is 1.12 bits per heavy atom. The molecule has 0 aromatic heterocycles. The summed E-state index contributed by atoms with van der Waals surface area (Å²) in [6.45, 7) is 4.30. The SMILES string of the molecule is CC(=O)OC(C)(C)C(=O)N1C2CC(C2)[C@H](N)[C@@H]1Cc1cccc(-c2cc(F)cc(F)c2)c1F. The number of nitrogens with zero attached hydrogens (tertiary/aromatic N) is 1. The van der Waals surface area contributed by atoms with E-state index in [9.17, 15) is 18.4 Å². The van der Waals surface area contributed by atoms with Crippen LogP contribution in [-0.4, -0.2) is 40.5 Å². The van der Waals surface area contributed by atoms with Gasteiger partial charge in [-0.05, 0) is 62.3 Å². The average molecular weight is 460 g/mol. The van der Waals surface area contributed by atoms with Gasteiger partial charge in [0.2, 0.25) is 0 Å². The Hall–Kier alpha value is -2.87. The van der Waals surface area contributed by atoms with E-state index in [1.807, 2.05) is 0 Å². The van der Waals surface area contributed by atoms with Crippen molar-refractivity contribution in [2.75, 3.05) is 0 Å². The molecule has 0 unspecified atom stereocenters. The molecular weight excluding hydrogens is 433 g/mol. The summed E-state index contributed by atoms with van der Waals surface area (Å²) in [5.74, 6) is -2.92. The van der Waals surface area contributed by atoms with Gasteiger partial charge in [-0.1, -0.05) is 18.2 Å². The van der Waals surface area contributed by atoms with Crippen LogP contribution in [-0.2, 0) is 20.7 Å². The number of benzene rings is 2. The number of fused-ring (bicyclic) bond motifs is 2. The topological polar surface area (TPSA) is 72.6 Å². The van der Waals surface area contributed by atoms with Crippen molar-refractivity contribution < 1.29 is 27.5 Å². The Morgan fingerprint density at radius 3 is 2.36 bits per heavy atom. The van der Waals surface area contributed by atoms with Crippen LogP contribution in [0.4, 0.5) is 13.2 Å². The lowest BCUT2D eigenvalue weighted by atomic mass is 9.66. The fourth-order valence-corrected chi connectivity index (χ4v) is 5.10. The number of rotatable bonds is 5. The first-order valence-corrected chi connectivity index (χ1v) is 11.0. The van der Waals surface area contributed by atoms with E-state index in [1.165, 1.54) is 26.8 Å². The van der Waals surface area contributed by atoms with Crippen LogP contribution in [0, 0.1) is 23.4 Å². The molecule has 0 spiro atoms. The molecular formula is C25H27F3N2O3. The van der Waals surface area contributed by atoms with Crippen LogP contribution < -0.4 is 5.73 Å². The third kappa shape index (κ3) is 4.36. The molecule has 2 heterocycles. The summed E-state index contributed by atoms with van der Waals surface area (Å²) >= 11 is 0. The van der Waals surface area contributed by atoms with E-state index >= 15 is 4.39 Å². The maximum atomic E-state index is 15.5. The molecule has 2 N–H and O–H groups in total. The molecule has 2 bridgehead atoms. The second-order valence-corrected chi connectivity index (χ2v) is 9.49. The number of nitrogens with two attached hydrogens (primary N) is 1. The van der Waals surface area contributed by atoms with Gasteiger partial charge in [0, 0.05) is 30.6 Å². The van der Waals surface area contributed by atoms with E-state index in [0.29, 0.717) is 5.56 Å². The molecule has 2 aromatic carbocycles. The fraction of sp³-hybridized carbons (Fsp3) is 0.440. The monoisotopic (exact) mass is 460 g/mol. The van der Waals surface area contributed by atoms with E-state index in [-0.39, 0.29) is 41.5 Å². The molecule has 33 heavy (non-hydrogen) atoms. The Labute approximate surface area is 190 Å². The highest BCUT2D eigenvalue weighted by molar-refractivity contribution is 5.87. The number of halogens is 3. The van der Waals surface area contributed by atoms with Crippen molar-refractivity contribution in [3.05, 3.63) is 59.4 Å². The van der Waals surface area contributed by atoms with Gasteiger partial charge in [0.05, 0.1) is 6.04 Å². The predicted octanol–water partition coefficient (Wildman–Crippen LogP) is 3.97. The number of amides is 1. The molecule has 2 aromatic rings. The first kappa shape index (κ1) is 23.3. The lowest BCUT2D eigenvalue weighted by Crippen LogP contribution is -2.71.